The molecule has 112 valence electrons. The van der Waals surface area contributed by atoms with Crippen LogP contribution in [0.1, 0.15) is 24.2 Å². The number of aromatic carboxylic acids is 1. The predicted octanol–water partition coefficient (Wildman–Crippen LogP) is 2.59. The first kappa shape index (κ1) is 17.1. The van der Waals surface area contributed by atoms with Crippen LogP contribution in [0.4, 0.5) is 0 Å². The highest BCUT2D eigenvalue weighted by Crippen LogP contribution is 2.21. The van der Waals surface area contributed by atoms with Gasteiger partial charge in [0.25, 0.3) is 0 Å². The van der Waals surface area contributed by atoms with E-state index in [1.165, 1.54) is 12.1 Å². The normalized spacial score (nSPS) is 11.8. The number of hydrogen-bond donors (Lipinski definition) is 1. The Morgan fingerprint density at radius 3 is 2.60 bits per heavy atom. The zero-order valence-corrected chi connectivity index (χ0v) is 13.7. The van der Waals surface area contributed by atoms with E-state index in [4.69, 9.17) is 9.84 Å². The second-order valence-corrected chi connectivity index (χ2v) is 7.70. The standard InChI is InChI=1S/C13H17BrO5S/c1-9(2)8-19-5-6-20(17,18)10-3-4-12(14)11(7-10)13(15)16/h3-4,7,9H,5-6,8H2,1-2H3,(H,15,16). The molecule has 0 aliphatic carbocycles. The molecule has 0 spiro atoms. The lowest BCUT2D eigenvalue weighted by Crippen LogP contribution is -2.15. The van der Waals surface area contributed by atoms with Crippen LogP contribution in [-0.4, -0.2) is 38.5 Å². The van der Waals surface area contributed by atoms with Gasteiger partial charge in [-0.3, -0.25) is 0 Å². The van der Waals surface area contributed by atoms with Gasteiger partial charge in [0.1, 0.15) is 0 Å². The summed E-state index contributed by atoms with van der Waals surface area (Å²) in [6, 6.07) is 3.96. The van der Waals surface area contributed by atoms with Crippen molar-refractivity contribution in [1.82, 2.24) is 0 Å². The fraction of sp³-hybridized carbons (Fsp3) is 0.462. The molecule has 0 fully saturated rings. The molecule has 5 nitrogen and oxygen atoms in total. The molecular weight excluding hydrogens is 348 g/mol. The van der Waals surface area contributed by atoms with E-state index in [0.717, 1.165) is 6.07 Å². The minimum absolute atomic E-state index is 0.00810. The van der Waals surface area contributed by atoms with Crippen LogP contribution in [0.3, 0.4) is 0 Å². The first-order chi connectivity index (χ1) is 9.24. The van der Waals surface area contributed by atoms with Crippen LogP contribution < -0.4 is 0 Å². The summed E-state index contributed by atoms with van der Waals surface area (Å²) in [5.41, 5.74) is -0.0748. The molecule has 0 saturated heterocycles. The maximum atomic E-state index is 12.1. The summed E-state index contributed by atoms with van der Waals surface area (Å²) in [5, 5.41) is 8.98. The molecule has 1 N–H and O–H groups in total. The van der Waals surface area contributed by atoms with Crippen molar-refractivity contribution >= 4 is 31.7 Å². The van der Waals surface area contributed by atoms with Crippen LogP contribution in [0.5, 0.6) is 0 Å². The fourth-order valence-corrected chi connectivity index (χ4v) is 3.03. The Balaban J connectivity index is 2.82. The first-order valence-corrected chi connectivity index (χ1v) is 8.52. The Labute approximate surface area is 127 Å². The van der Waals surface area contributed by atoms with E-state index in [0.29, 0.717) is 17.0 Å². The van der Waals surface area contributed by atoms with Gasteiger partial charge in [0.05, 0.1) is 22.8 Å². The van der Waals surface area contributed by atoms with Crippen molar-refractivity contribution in [3.8, 4) is 0 Å². The lowest BCUT2D eigenvalue weighted by atomic mass is 10.2. The molecule has 1 aromatic rings. The number of halogens is 1. The average Bonchev–Trinajstić information content (AvgIpc) is 2.34. The van der Waals surface area contributed by atoms with Gasteiger partial charge in [0, 0.05) is 11.1 Å². The first-order valence-electron chi connectivity index (χ1n) is 6.07. The molecule has 0 heterocycles. The number of benzene rings is 1. The molecular formula is C13H17BrO5S. The molecule has 0 aliphatic heterocycles. The Morgan fingerprint density at radius 2 is 2.05 bits per heavy atom. The molecule has 0 amide bonds. The van der Waals surface area contributed by atoms with Gasteiger partial charge in [-0.2, -0.15) is 0 Å². The van der Waals surface area contributed by atoms with Crippen LogP contribution in [0.15, 0.2) is 27.6 Å². The van der Waals surface area contributed by atoms with Crippen molar-refractivity contribution in [1.29, 1.82) is 0 Å². The average molecular weight is 365 g/mol. The van der Waals surface area contributed by atoms with Crippen molar-refractivity contribution in [2.75, 3.05) is 19.0 Å². The van der Waals surface area contributed by atoms with Gasteiger partial charge < -0.3 is 9.84 Å². The highest BCUT2D eigenvalue weighted by atomic mass is 79.9. The number of carboxylic acid groups (broad SMARTS) is 1. The van der Waals surface area contributed by atoms with Crippen molar-refractivity contribution in [2.24, 2.45) is 5.92 Å². The van der Waals surface area contributed by atoms with Crippen LogP contribution in [0.2, 0.25) is 0 Å². The van der Waals surface area contributed by atoms with E-state index in [9.17, 15) is 13.2 Å². The largest absolute Gasteiger partial charge is 0.478 e. The number of rotatable bonds is 7. The van der Waals surface area contributed by atoms with Crippen LogP contribution in [-0.2, 0) is 14.6 Å². The van der Waals surface area contributed by atoms with Gasteiger partial charge in [0.15, 0.2) is 9.84 Å². The van der Waals surface area contributed by atoms with Gasteiger partial charge in [-0.05, 0) is 40.0 Å². The third-order valence-corrected chi connectivity index (χ3v) is 4.84. The van der Waals surface area contributed by atoms with E-state index < -0.39 is 15.8 Å². The minimum atomic E-state index is -3.54. The summed E-state index contributed by atoms with van der Waals surface area (Å²) in [6.07, 6.45) is 0. The smallest absolute Gasteiger partial charge is 0.336 e. The fourth-order valence-electron chi connectivity index (χ4n) is 1.47. The Bertz CT molecular complexity index is 580. The molecule has 1 aromatic carbocycles. The number of carbonyl (C=O) groups is 1. The number of hydrogen-bond acceptors (Lipinski definition) is 4. The summed E-state index contributed by atoms with van der Waals surface area (Å²) >= 11 is 3.08. The molecule has 0 aliphatic rings. The minimum Gasteiger partial charge on any atom is -0.478 e. The van der Waals surface area contributed by atoms with Crippen molar-refractivity contribution in [3.05, 3.63) is 28.2 Å². The number of ether oxygens (including phenoxy) is 1. The SMILES string of the molecule is CC(C)COCCS(=O)(=O)c1ccc(Br)c(C(=O)O)c1. The van der Waals surface area contributed by atoms with Crippen LogP contribution in [0, 0.1) is 5.92 Å². The van der Waals surface area contributed by atoms with Gasteiger partial charge in [-0.1, -0.05) is 13.8 Å². The van der Waals surface area contributed by atoms with Gasteiger partial charge in [-0.15, -0.1) is 0 Å². The topological polar surface area (TPSA) is 80.7 Å². The maximum absolute atomic E-state index is 12.1. The van der Waals surface area contributed by atoms with Crippen molar-refractivity contribution in [3.63, 3.8) is 0 Å². The molecule has 0 radical (unpaired) electrons. The highest BCUT2D eigenvalue weighted by molar-refractivity contribution is 9.10. The lowest BCUT2D eigenvalue weighted by molar-refractivity contribution is 0.0695. The second kappa shape index (κ2) is 7.19. The van der Waals surface area contributed by atoms with Gasteiger partial charge in [-0.25, -0.2) is 13.2 Å². The third-order valence-electron chi connectivity index (χ3n) is 2.47. The number of sulfone groups is 1. The zero-order valence-electron chi connectivity index (χ0n) is 11.3. The van der Waals surface area contributed by atoms with Crippen LogP contribution >= 0.6 is 15.9 Å². The molecule has 0 unspecified atom stereocenters. The summed E-state index contributed by atoms with van der Waals surface area (Å²) < 4.78 is 29.7. The number of carboxylic acids is 1. The molecule has 0 atom stereocenters. The van der Waals surface area contributed by atoms with Gasteiger partial charge >= 0.3 is 5.97 Å². The predicted molar refractivity (Wildman–Crippen MR) is 78.8 cm³/mol. The van der Waals surface area contributed by atoms with Gasteiger partial charge in [0.2, 0.25) is 0 Å². The van der Waals surface area contributed by atoms with Crippen LogP contribution in [0.25, 0.3) is 0 Å². The summed E-state index contributed by atoms with van der Waals surface area (Å²) in [7, 11) is -3.54. The van der Waals surface area contributed by atoms with E-state index in [-0.39, 0.29) is 22.8 Å². The summed E-state index contributed by atoms with van der Waals surface area (Å²) in [6.45, 7) is 4.54. The monoisotopic (exact) mass is 364 g/mol. The highest BCUT2D eigenvalue weighted by Gasteiger charge is 2.18. The van der Waals surface area contributed by atoms with E-state index in [1.54, 1.807) is 0 Å². The maximum Gasteiger partial charge on any atom is 0.336 e. The second-order valence-electron chi connectivity index (χ2n) is 4.73. The Hall–Kier alpha value is -0.920. The molecule has 0 saturated carbocycles. The summed E-state index contributed by atoms with van der Waals surface area (Å²) in [4.78, 5) is 11.0. The summed E-state index contributed by atoms with van der Waals surface area (Å²) in [5.74, 6) is -1.01. The molecule has 7 heteroatoms. The Kier molecular flexibility index (Phi) is 6.16. The third kappa shape index (κ3) is 4.88. The van der Waals surface area contributed by atoms with E-state index in [2.05, 4.69) is 15.9 Å². The van der Waals surface area contributed by atoms with E-state index >= 15 is 0 Å². The zero-order chi connectivity index (χ0) is 15.3. The molecule has 20 heavy (non-hydrogen) atoms. The van der Waals surface area contributed by atoms with E-state index in [1.807, 2.05) is 13.8 Å². The quantitative estimate of drug-likeness (QED) is 0.752. The molecule has 0 bridgehead atoms. The molecule has 0 aromatic heterocycles. The Morgan fingerprint density at radius 1 is 1.40 bits per heavy atom. The van der Waals surface area contributed by atoms with Crippen molar-refractivity contribution < 1.29 is 23.1 Å². The lowest BCUT2D eigenvalue weighted by Gasteiger charge is -2.09. The molecule has 1 rings (SSSR count). The van der Waals surface area contributed by atoms with Crippen molar-refractivity contribution in [2.45, 2.75) is 18.7 Å².